The average Bonchev–Trinajstić information content (AvgIpc) is 2.83. The molecular weight excluding hydrogens is 254 g/mol. The predicted molar refractivity (Wildman–Crippen MR) is 80.8 cm³/mol. The fraction of sp³-hybridized carbons (Fsp3) is 0.800. The second-order valence-corrected chi connectivity index (χ2v) is 7.21. The van der Waals surface area contributed by atoms with Gasteiger partial charge in [-0.3, -0.25) is 0 Å². The lowest BCUT2D eigenvalue weighted by atomic mass is 9.74. The highest BCUT2D eigenvalue weighted by molar-refractivity contribution is 7.09. The van der Waals surface area contributed by atoms with E-state index in [0.29, 0.717) is 5.41 Å². The van der Waals surface area contributed by atoms with Crippen molar-refractivity contribution in [3.63, 3.8) is 0 Å². The lowest BCUT2D eigenvalue weighted by molar-refractivity contribution is 0.0655. The molecule has 0 aliphatic carbocycles. The zero-order chi connectivity index (χ0) is 13.1. The van der Waals surface area contributed by atoms with Gasteiger partial charge in [0.05, 0.1) is 11.2 Å². The zero-order valence-electron chi connectivity index (χ0n) is 12.0. The van der Waals surface area contributed by atoms with E-state index in [-0.39, 0.29) is 0 Å². The van der Waals surface area contributed by atoms with Gasteiger partial charge in [-0.2, -0.15) is 0 Å². The van der Waals surface area contributed by atoms with Crippen LogP contribution in [-0.2, 0) is 6.42 Å². The van der Waals surface area contributed by atoms with E-state index in [9.17, 15) is 0 Å². The normalized spacial score (nSPS) is 28.9. The Kier molecular flexibility index (Phi) is 4.20. The van der Waals surface area contributed by atoms with Gasteiger partial charge in [-0.05, 0) is 57.5 Å². The van der Waals surface area contributed by atoms with Crippen LogP contribution in [0.15, 0.2) is 5.51 Å². The molecule has 0 bridgehead atoms. The van der Waals surface area contributed by atoms with Crippen molar-refractivity contribution in [2.45, 2.75) is 39.0 Å². The molecule has 1 aromatic rings. The molecule has 3 heterocycles. The number of aromatic nitrogens is 1. The molecule has 1 aromatic heterocycles. The molecule has 1 N–H and O–H groups in total. The highest BCUT2D eigenvalue weighted by Crippen LogP contribution is 2.35. The molecule has 0 aromatic carbocycles. The van der Waals surface area contributed by atoms with Crippen molar-refractivity contribution < 1.29 is 0 Å². The van der Waals surface area contributed by atoms with E-state index in [4.69, 9.17) is 0 Å². The summed E-state index contributed by atoms with van der Waals surface area (Å²) in [5, 5.41) is 3.61. The van der Waals surface area contributed by atoms with Crippen molar-refractivity contribution in [1.29, 1.82) is 0 Å². The summed E-state index contributed by atoms with van der Waals surface area (Å²) in [5.74, 6) is 0. The molecule has 0 amide bonds. The second kappa shape index (κ2) is 5.90. The van der Waals surface area contributed by atoms with Crippen LogP contribution in [0.25, 0.3) is 0 Å². The summed E-state index contributed by atoms with van der Waals surface area (Å²) in [6, 6.07) is 0. The van der Waals surface area contributed by atoms with Crippen LogP contribution in [0.3, 0.4) is 0 Å². The molecule has 106 valence electrons. The largest absolute Gasteiger partial charge is 0.316 e. The molecule has 3 rings (SSSR count). The Labute approximate surface area is 120 Å². The third-order valence-corrected chi connectivity index (χ3v) is 5.80. The Morgan fingerprint density at radius 1 is 1.42 bits per heavy atom. The van der Waals surface area contributed by atoms with E-state index < -0.39 is 0 Å². The number of likely N-dealkylation sites (tertiary alicyclic amines) is 1. The zero-order valence-corrected chi connectivity index (χ0v) is 12.8. The van der Waals surface area contributed by atoms with Gasteiger partial charge in [0, 0.05) is 24.5 Å². The topological polar surface area (TPSA) is 28.2 Å². The summed E-state index contributed by atoms with van der Waals surface area (Å²) in [6.07, 6.45) is 6.78. The van der Waals surface area contributed by atoms with Crippen LogP contribution in [0.2, 0.25) is 0 Å². The van der Waals surface area contributed by atoms with Gasteiger partial charge in [0.25, 0.3) is 0 Å². The molecule has 2 saturated heterocycles. The summed E-state index contributed by atoms with van der Waals surface area (Å²) in [5.41, 5.74) is 3.79. The monoisotopic (exact) mass is 279 g/mol. The maximum Gasteiger partial charge on any atom is 0.0797 e. The van der Waals surface area contributed by atoms with Crippen molar-refractivity contribution >= 4 is 11.3 Å². The Morgan fingerprint density at radius 2 is 2.32 bits per heavy atom. The quantitative estimate of drug-likeness (QED) is 0.921. The van der Waals surface area contributed by atoms with Crippen molar-refractivity contribution in [3.8, 4) is 0 Å². The van der Waals surface area contributed by atoms with E-state index in [0.717, 1.165) is 0 Å². The van der Waals surface area contributed by atoms with E-state index in [1.165, 1.54) is 75.4 Å². The molecular formula is C15H25N3S. The molecule has 2 fully saturated rings. The fourth-order valence-corrected chi connectivity index (χ4v) is 4.48. The lowest BCUT2D eigenvalue weighted by Crippen LogP contribution is -2.51. The maximum atomic E-state index is 4.35. The number of thiazole rings is 1. The molecule has 2 aliphatic heterocycles. The van der Waals surface area contributed by atoms with Crippen LogP contribution in [0, 0.1) is 12.3 Å². The molecule has 0 radical (unpaired) electrons. The molecule has 3 nitrogen and oxygen atoms in total. The third-order valence-electron chi connectivity index (χ3n) is 4.80. The summed E-state index contributed by atoms with van der Waals surface area (Å²) < 4.78 is 0. The average molecular weight is 279 g/mol. The minimum absolute atomic E-state index is 0.583. The molecule has 0 saturated carbocycles. The van der Waals surface area contributed by atoms with E-state index in [1.54, 1.807) is 0 Å². The van der Waals surface area contributed by atoms with Crippen molar-refractivity contribution in [1.82, 2.24) is 15.2 Å². The van der Waals surface area contributed by atoms with Gasteiger partial charge >= 0.3 is 0 Å². The van der Waals surface area contributed by atoms with Crippen LogP contribution in [0.5, 0.6) is 0 Å². The molecule has 4 heteroatoms. The van der Waals surface area contributed by atoms with Gasteiger partial charge in [-0.15, -0.1) is 11.3 Å². The van der Waals surface area contributed by atoms with E-state index in [2.05, 4.69) is 22.1 Å². The van der Waals surface area contributed by atoms with Crippen molar-refractivity contribution in [3.05, 3.63) is 16.1 Å². The summed E-state index contributed by atoms with van der Waals surface area (Å²) in [7, 11) is 0. The van der Waals surface area contributed by atoms with Crippen LogP contribution in [-0.4, -0.2) is 42.6 Å². The first-order valence-corrected chi connectivity index (χ1v) is 8.47. The van der Waals surface area contributed by atoms with Crippen LogP contribution < -0.4 is 5.32 Å². The van der Waals surface area contributed by atoms with Gasteiger partial charge in [-0.1, -0.05) is 0 Å². The highest BCUT2D eigenvalue weighted by atomic mass is 32.1. The Bertz CT molecular complexity index is 404. The minimum atomic E-state index is 0.583. The van der Waals surface area contributed by atoms with E-state index >= 15 is 0 Å². The number of hydrogen-bond acceptors (Lipinski definition) is 4. The smallest absolute Gasteiger partial charge is 0.0797 e. The second-order valence-electron chi connectivity index (χ2n) is 6.27. The predicted octanol–water partition coefficient (Wildman–Crippen LogP) is 2.46. The molecule has 1 spiro atoms. The van der Waals surface area contributed by atoms with Crippen LogP contribution >= 0.6 is 11.3 Å². The lowest BCUT2D eigenvalue weighted by Gasteiger charge is -2.45. The Hall–Kier alpha value is -0.450. The SMILES string of the molecule is Cc1ncsc1CCN1CCCC2(CCCNC2)C1. The number of nitrogens with one attached hydrogen (secondary N) is 1. The number of rotatable bonds is 3. The number of hydrogen-bond donors (Lipinski definition) is 1. The van der Waals surface area contributed by atoms with Gasteiger partial charge in [0.2, 0.25) is 0 Å². The van der Waals surface area contributed by atoms with Gasteiger partial charge in [0.1, 0.15) is 0 Å². The van der Waals surface area contributed by atoms with Gasteiger partial charge in [-0.25, -0.2) is 4.98 Å². The number of aryl methyl sites for hydroxylation is 1. The molecule has 1 atom stereocenters. The van der Waals surface area contributed by atoms with Crippen LogP contribution in [0.4, 0.5) is 0 Å². The van der Waals surface area contributed by atoms with Crippen molar-refractivity contribution in [2.75, 3.05) is 32.7 Å². The number of nitrogens with zero attached hydrogens (tertiary/aromatic N) is 2. The summed E-state index contributed by atoms with van der Waals surface area (Å²) >= 11 is 1.82. The summed E-state index contributed by atoms with van der Waals surface area (Å²) in [4.78, 5) is 8.52. The highest BCUT2D eigenvalue weighted by Gasteiger charge is 2.36. The Balaban J connectivity index is 1.55. The third kappa shape index (κ3) is 3.18. The minimum Gasteiger partial charge on any atom is -0.316 e. The Morgan fingerprint density at radius 3 is 3.05 bits per heavy atom. The molecule has 19 heavy (non-hydrogen) atoms. The molecule has 1 unspecified atom stereocenters. The number of piperidine rings is 2. The maximum absolute atomic E-state index is 4.35. The standard InChI is InChI=1S/C15H25N3S/c1-13-14(19-12-17-13)4-9-18-8-3-6-15(11-18)5-2-7-16-10-15/h12,16H,2-11H2,1H3. The summed E-state index contributed by atoms with van der Waals surface area (Å²) in [6.45, 7) is 8.40. The van der Waals surface area contributed by atoms with Gasteiger partial charge < -0.3 is 10.2 Å². The first-order chi connectivity index (χ1) is 9.27. The first-order valence-electron chi connectivity index (χ1n) is 7.60. The van der Waals surface area contributed by atoms with Crippen molar-refractivity contribution in [2.24, 2.45) is 5.41 Å². The molecule has 2 aliphatic rings. The van der Waals surface area contributed by atoms with Crippen LogP contribution in [0.1, 0.15) is 36.3 Å². The van der Waals surface area contributed by atoms with Gasteiger partial charge in [0.15, 0.2) is 0 Å². The first kappa shape index (κ1) is 13.5. The van der Waals surface area contributed by atoms with E-state index in [1.807, 2.05) is 16.8 Å². The fourth-order valence-electron chi connectivity index (χ4n) is 3.71.